The molecule has 1 aliphatic rings. The second kappa shape index (κ2) is 1.80. The lowest BCUT2D eigenvalue weighted by atomic mass is 10.2. The number of hydrogen-bond donors (Lipinski definition) is 1. The Labute approximate surface area is 58.1 Å². The maximum absolute atomic E-state index is 10.7. The number of carbonyl (C=O) groups is 1. The fraction of sp³-hybridized carbons (Fsp3) is 0.143. The monoisotopic (exact) mass is 133 g/mol. The van der Waals surface area contributed by atoms with E-state index in [4.69, 9.17) is 0 Å². The Bertz CT molecular complexity index is 256. The van der Waals surface area contributed by atoms with Crippen molar-refractivity contribution in [3.8, 4) is 0 Å². The van der Waals surface area contributed by atoms with Gasteiger partial charge in [0.1, 0.15) is 5.82 Å². The summed E-state index contributed by atoms with van der Waals surface area (Å²) < 4.78 is 0. The maximum atomic E-state index is 10.7. The van der Waals surface area contributed by atoms with Crippen LogP contribution >= 0.6 is 0 Å². The van der Waals surface area contributed by atoms with Gasteiger partial charge in [0.2, 0.25) is 5.91 Å². The quantitative estimate of drug-likeness (QED) is 0.555. The van der Waals surface area contributed by atoms with Crippen LogP contribution in [0.3, 0.4) is 0 Å². The number of fused-ring (bicyclic) bond motifs is 1. The van der Waals surface area contributed by atoms with E-state index < -0.39 is 0 Å². The zero-order valence-electron chi connectivity index (χ0n) is 5.22. The van der Waals surface area contributed by atoms with Crippen LogP contribution in [0.2, 0.25) is 0 Å². The highest BCUT2D eigenvalue weighted by Crippen LogP contribution is 2.17. The molecule has 1 N–H and O–H groups in total. The van der Waals surface area contributed by atoms with Crippen LogP contribution in [0.1, 0.15) is 5.56 Å². The Morgan fingerprint density at radius 3 is 3.40 bits per heavy atom. The summed E-state index contributed by atoms with van der Waals surface area (Å²) in [5.41, 5.74) is 0.938. The number of carbonyl (C=O) groups excluding carboxylic acids is 1. The van der Waals surface area contributed by atoms with E-state index in [9.17, 15) is 4.79 Å². The Morgan fingerprint density at radius 2 is 2.60 bits per heavy atom. The molecule has 0 aromatic carbocycles. The highest BCUT2D eigenvalue weighted by Gasteiger charge is 2.16. The van der Waals surface area contributed by atoms with E-state index >= 15 is 0 Å². The average molecular weight is 133 g/mol. The van der Waals surface area contributed by atoms with E-state index in [-0.39, 0.29) is 5.91 Å². The molecule has 2 rings (SSSR count). The van der Waals surface area contributed by atoms with E-state index in [2.05, 4.69) is 16.4 Å². The third-order valence-corrected chi connectivity index (χ3v) is 1.44. The molecule has 49 valence electrons. The molecule has 3 heteroatoms. The smallest absolute Gasteiger partial charge is 0.230 e. The summed E-state index contributed by atoms with van der Waals surface area (Å²) in [4.78, 5) is 14.7. The van der Waals surface area contributed by atoms with E-state index in [0.29, 0.717) is 12.2 Å². The van der Waals surface area contributed by atoms with Gasteiger partial charge in [-0.05, 0) is 6.07 Å². The molecule has 1 radical (unpaired) electrons. The van der Waals surface area contributed by atoms with Crippen molar-refractivity contribution in [3.05, 3.63) is 23.9 Å². The fourth-order valence-electron chi connectivity index (χ4n) is 0.987. The van der Waals surface area contributed by atoms with Crippen molar-refractivity contribution < 1.29 is 4.79 Å². The predicted octanol–water partition coefficient (Wildman–Crippen LogP) is 0.376. The summed E-state index contributed by atoms with van der Waals surface area (Å²) in [6.45, 7) is 0. The SMILES string of the molecule is O=C1Cc2c[c]cnc2N1. The lowest BCUT2D eigenvalue weighted by molar-refractivity contribution is -0.115. The van der Waals surface area contributed by atoms with Crippen LogP contribution in [0.5, 0.6) is 0 Å². The van der Waals surface area contributed by atoms with Crippen LogP contribution < -0.4 is 5.32 Å². The highest BCUT2D eigenvalue weighted by molar-refractivity contribution is 5.97. The predicted molar refractivity (Wildman–Crippen MR) is 35.4 cm³/mol. The van der Waals surface area contributed by atoms with E-state index in [1.54, 1.807) is 12.3 Å². The first kappa shape index (κ1) is 5.41. The van der Waals surface area contributed by atoms with Crippen LogP contribution in [0.15, 0.2) is 12.3 Å². The molecule has 0 aliphatic carbocycles. The molecule has 1 aliphatic heterocycles. The number of amides is 1. The minimum Gasteiger partial charge on any atom is -0.310 e. The summed E-state index contributed by atoms with van der Waals surface area (Å²) in [5, 5.41) is 2.63. The van der Waals surface area contributed by atoms with Crippen molar-refractivity contribution in [1.29, 1.82) is 0 Å². The molecule has 0 fully saturated rings. The van der Waals surface area contributed by atoms with Gasteiger partial charge in [-0.1, -0.05) is 0 Å². The van der Waals surface area contributed by atoms with Crippen LogP contribution in [-0.2, 0) is 11.2 Å². The molecule has 1 aromatic rings. The van der Waals surface area contributed by atoms with Crippen LogP contribution in [0.25, 0.3) is 0 Å². The average Bonchev–Trinajstić information content (AvgIpc) is 2.27. The first-order chi connectivity index (χ1) is 4.86. The summed E-state index contributed by atoms with van der Waals surface area (Å²) >= 11 is 0. The Balaban J connectivity index is 2.51. The second-order valence-corrected chi connectivity index (χ2v) is 2.17. The van der Waals surface area contributed by atoms with Gasteiger partial charge in [-0.3, -0.25) is 4.79 Å². The van der Waals surface area contributed by atoms with Crippen molar-refractivity contribution in [2.24, 2.45) is 0 Å². The molecule has 0 saturated carbocycles. The third-order valence-electron chi connectivity index (χ3n) is 1.44. The topological polar surface area (TPSA) is 42.0 Å². The molecule has 2 heterocycles. The molecule has 0 spiro atoms. The van der Waals surface area contributed by atoms with Crippen molar-refractivity contribution in [3.63, 3.8) is 0 Å². The molecule has 1 amide bonds. The molecular weight excluding hydrogens is 128 g/mol. The molecule has 0 atom stereocenters. The van der Waals surface area contributed by atoms with Gasteiger partial charge in [-0.15, -0.1) is 0 Å². The van der Waals surface area contributed by atoms with Gasteiger partial charge >= 0.3 is 0 Å². The van der Waals surface area contributed by atoms with E-state index in [0.717, 1.165) is 5.56 Å². The molecule has 3 nitrogen and oxygen atoms in total. The Kier molecular flexibility index (Phi) is 0.974. The molecule has 0 bridgehead atoms. The lowest BCUT2D eigenvalue weighted by Gasteiger charge is -1.91. The first-order valence-corrected chi connectivity index (χ1v) is 3.01. The lowest BCUT2D eigenvalue weighted by Crippen LogP contribution is -2.04. The van der Waals surface area contributed by atoms with E-state index in [1.165, 1.54) is 0 Å². The van der Waals surface area contributed by atoms with Crippen molar-refractivity contribution in [2.75, 3.05) is 5.32 Å². The van der Waals surface area contributed by atoms with Gasteiger partial charge in [0, 0.05) is 17.8 Å². The van der Waals surface area contributed by atoms with Gasteiger partial charge in [0.05, 0.1) is 6.42 Å². The van der Waals surface area contributed by atoms with Crippen molar-refractivity contribution in [1.82, 2.24) is 4.98 Å². The fourth-order valence-corrected chi connectivity index (χ4v) is 0.987. The van der Waals surface area contributed by atoms with Gasteiger partial charge in [0.15, 0.2) is 0 Å². The molecule has 0 saturated heterocycles. The zero-order chi connectivity index (χ0) is 6.97. The number of aromatic nitrogens is 1. The summed E-state index contributed by atoms with van der Waals surface area (Å²) in [6.07, 6.45) is 1.99. The number of anilines is 1. The summed E-state index contributed by atoms with van der Waals surface area (Å²) in [7, 11) is 0. The van der Waals surface area contributed by atoms with Gasteiger partial charge in [0.25, 0.3) is 0 Å². The van der Waals surface area contributed by atoms with Gasteiger partial charge in [-0.25, -0.2) is 4.98 Å². The van der Waals surface area contributed by atoms with Crippen molar-refractivity contribution >= 4 is 11.7 Å². The molecule has 10 heavy (non-hydrogen) atoms. The number of rotatable bonds is 0. The Morgan fingerprint density at radius 1 is 1.70 bits per heavy atom. The van der Waals surface area contributed by atoms with E-state index in [1.807, 2.05) is 0 Å². The maximum Gasteiger partial charge on any atom is 0.230 e. The zero-order valence-corrected chi connectivity index (χ0v) is 5.22. The molecule has 0 unspecified atom stereocenters. The second-order valence-electron chi connectivity index (χ2n) is 2.17. The van der Waals surface area contributed by atoms with Crippen LogP contribution in [-0.4, -0.2) is 10.9 Å². The largest absolute Gasteiger partial charge is 0.310 e. The number of nitrogens with zero attached hydrogens (tertiary/aromatic N) is 1. The minimum atomic E-state index is 0.0158. The van der Waals surface area contributed by atoms with Crippen molar-refractivity contribution in [2.45, 2.75) is 6.42 Å². The Hall–Kier alpha value is -1.38. The third kappa shape index (κ3) is 0.673. The summed E-state index contributed by atoms with van der Waals surface area (Å²) in [5.74, 6) is 0.700. The van der Waals surface area contributed by atoms with Crippen LogP contribution in [0.4, 0.5) is 5.82 Å². The number of nitrogens with one attached hydrogen (secondary N) is 1. The standard InChI is InChI=1S/C7H5N2O/c10-6-4-5-2-1-3-8-7(5)9-6/h2-3H,4H2,(H,8,9,10). The molecular formula is C7H5N2O. The number of hydrogen-bond acceptors (Lipinski definition) is 2. The number of pyridine rings is 1. The highest BCUT2D eigenvalue weighted by atomic mass is 16.1. The van der Waals surface area contributed by atoms with Crippen LogP contribution in [0, 0.1) is 6.07 Å². The van der Waals surface area contributed by atoms with Gasteiger partial charge in [-0.2, -0.15) is 0 Å². The van der Waals surface area contributed by atoms with Gasteiger partial charge < -0.3 is 5.32 Å². The first-order valence-electron chi connectivity index (χ1n) is 3.01. The summed E-state index contributed by atoms with van der Waals surface area (Å²) in [6, 6.07) is 4.59. The molecule has 1 aromatic heterocycles. The minimum absolute atomic E-state index is 0.0158. The normalized spacial score (nSPS) is 14.6.